The molecule has 2 atom stereocenters. The number of β-amino-alcohol motifs (C(OH)–C–C–N with tert-alkyl or cyclic N) is 1. The van der Waals surface area contributed by atoms with Gasteiger partial charge in [0, 0.05) is 13.1 Å². The number of nitrogen functional groups attached to an aromatic ring is 1. The molecule has 0 bridgehead atoms. The Morgan fingerprint density at radius 3 is 2.43 bits per heavy atom. The Morgan fingerprint density at radius 1 is 1.33 bits per heavy atom. The highest BCUT2D eigenvalue weighted by Gasteiger charge is 2.32. The van der Waals surface area contributed by atoms with Crippen LogP contribution in [-0.4, -0.2) is 56.9 Å². The number of hydrogen-bond donors (Lipinski definition) is 3. The predicted octanol–water partition coefficient (Wildman–Crippen LogP) is 0.511. The summed E-state index contributed by atoms with van der Waals surface area (Å²) in [5, 5.41) is 18.3. The van der Waals surface area contributed by atoms with Gasteiger partial charge in [0.1, 0.15) is 5.82 Å². The van der Waals surface area contributed by atoms with Crippen LogP contribution in [0.4, 0.5) is 19.0 Å². The van der Waals surface area contributed by atoms with Gasteiger partial charge in [-0.05, 0) is 13.0 Å². The molecule has 4 N–H and O–H groups in total. The number of hydrogen-bond acceptors (Lipinski definition) is 6. The van der Waals surface area contributed by atoms with Gasteiger partial charge < -0.3 is 20.8 Å². The number of aromatic nitrogens is 2. The van der Waals surface area contributed by atoms with E-state index in [1.54, 1.807) is 0 Å². The Labute approximate surface area is 120 Å². The SMILES string of the molecule is CCN1CCC(O)C(O)C1.Nc1cncc(C(F)(F)F)n1. The van der Waals surface area contributed by atoms with Crippen molar-refractivity contribution in [2.45, 2.75) is 31.7 Å². The molecule has 2 rings (SSSR count). The molecule has 0 aliphatic carbocycles. The molecule has 9 heteroatoms. The van der Waals surface area contributed by atoms with Gasteiger partial charge in [-0.15, -0.1) is 0 Å². The fourth-order valence-corrected chi connectivity index (χ4v) is 1.79. The normalized spacial score (nSPS) is 23.3. The summed E-state index contributed by atoms with van der Waals surface area (Å²) < 4.78 is 35.4. The number of halogens is 3. The van der Waals surface area contributed by atoms with Crippen LogP contribution in [0.15, 0.2) is 12.4 Å². The zero-order chi connectivity index (χ0) is 16.0. The van der Waals surface area contributed by atoms with Crippen LogP contribution in [0.3, 0.4) is 0 Å². The molecule has 0 aromatic carbocycles. The lowest BCUT2D eigenvalue weighted by molar-refractivity contribution is -0.141. The zero-order valence-corrected chi connectivity index (χ0v) is 11.6. The molecule has 0 saturated carbocycles. The number of alkyl halides is 3. The summed E-state index contributed by atoms with van der Waals surface area (Å²) in [5.74, 6) is -0.236. The van der Waals surface area contributed by atoms with Gasteiger partial charge in [-0.1, -0.05) is 6.92 Å². The first-order chi connectivity index (χ1) is 9.74. The first kappa shape index (κ1) is 17.6. The molecule has 0 spiro atoms. The lowest BCUT2D eigenvalue weighted by atomic mass is 10.1. The van der Waals surface area contributed by atoms with Gasteiger partial charge in [-0.2, -0.15) is 13.2 Å². The van der Waals surface area contributed by atoms with Crippen molar-refractivity contribution in [2.75, 3.05) is 25.4 Å². The van der Waals surface area contributed by atoms with Crippen molar-refractivity contribution in [3.63, 3.8) is 0 Å². The Bertz CT molecular complexity index is 445. The van der Waals surface area contributed by atoms with Crippen molar-refractivity contribution in [3.05, 3.63) is 18.1 Å². The number of likely N-dealkylation sites (N-methyl/N-ethyl adjacent to an activating group) is 1. The number of aliphatic hydroxyl groups is 2. The maximum atomic E-state index is 11.8. The third kappa shape index (κ3) is 5.82. The van der Waals surface area contributed by atoms with Gasteiger partial charge in [0.2, 0.25) is 0 Å². The third-order valence-electron chi connectivity index (χ3n) is 3.02. The second-order valence-electron chi connectivity index (χ2n) is 4.64. The molecule has 6 nitrogen and oxygen atoms in total. The summed E-state index contributed by atoms with van der Waals surface area (Å²) >= 11 is 0. The minimum atomic E-state index is -4.47. The molecular weight excluding hydrogens is 289 g/mol. The number of nitrogens with zero attached hydrogens (tertiary/aromatic N) is 3. The second kappa shape index (κ2) is 7.53. The van der Waals surface area contributed by atoms with Gasteiger partial charge in [0.25, 0.3) is 0 Å². The summed E-state index contributed by atoms with van der Waals surface area (Å²) in [6, 6.07) is 0. The number of rotatable bonds is 1. The average Bonchev–Trinajstić information content (AvgIpc) is 2.42. The van der Waals surface area contributed by atoms with E-state index in [4.69, 9.17) is 10.8 Å². The number of nitrogens with two attached hydrogens (primary N) is 1. The third-order valence-corrected chi connectivity index (χ3v) is 3.02. The Kier molecular flexibility index (Phi) is 6.31. The van der Waals surface area contributed by atoms with E-state index in [0.717, 1.165) is 19.3 Å². The maximum absolute atomic E-state index is 11.8. The first-order valence-electron chi connectivity index (χ1n) is 6.47. The van der Waals surface area contributed by atoms with Gasteiger partial charge >= 0.3 is 6.18 Å². The molecule has 21 heavy (non-hydrogen) atoms. The van der Waals surface area contributed by atoms with E-state index in [1.165, 1.54) is 0 Å². The molecule has 1 saturated heterocycles. The fraction of sp³-hybridized carbons (Fsp3) is 0.667. The number of aliphatic hydroxyl groups excluding tert-OH is 2. The molecular formula is C12H19F3N4O2. The van der Waals surface area contributed by atoms with E-state index in [2.05, 4.69) is 21.8 Å². The zero-order valence-electron chi connectivity index (χ0n) is 11.6. The summed E-state index contributed by atoms with van der Waals surface area (Å²) in [5.41, 5.74) is 3.91. The highest BCUT2D eigenvalue weighted by molar-refractivity contribution is 5.24. The van der Waals surface area contributed by atoms with Gasteiger partial charge in [-0.3, -0.25) is 4.98 Å². The smallest absolute Gasteiger partial charge is 0.390 e. The van der Waals surface area contributed by atoms with E-state index in [9.17, 15) is 18.3 Å². The molecule has 1 aromatic rings. The van der Waals surface area contributed by atoms with E-state index in [1.807, 2.05) is 0 Å². The van der Waals surface area contributed by atoms with E-state index in [0.29, 0.717) is 19.2 Å². The van der Waals surface area contributed by atoms with Crippen molar-refractivity contribution < 1.29 is 23.4 Å². The van der Waals surface area contributed by atoms with Crippen molar-refractivity contribution in [2.24, 2.45) is 0 Å². The number of anilines is 1. The van der Waals surface area contributed by atoms with Crippen molar-refractivity contribution in [1.82, 2.24) is 14.9 Å². The van der Waals surface area contributed by atoms with Crippen LogP contribution in [0.2, 0.25) is 0 Å². The summed E-state index contributed by atoms with van der Waals surface area (Å²) in [6.07, 6.45) is -3.13. The predicted molar refractivity (Wildman–Crippen MR) is 70.2 cm³/mol. The fourth-order valence-electron chi connectivity index (χ4n) is 1.79. The molecule has 1 aliphatic rings. The van der Waals surface area contributed by atoms with Gasteiger partial charge in [0.05, 0.1) is 24.6 Å². The highest BCUT2D eigenvalue weighted by Crippen LogP contribution is 2.26. The summed E-state index contributed by atoms with van der Waals surface area (Å²) in [6.45, 7) is 4.56. The Hall–Kier alpha value is -1.45. The van der Waals surface area contributed by atoms with Crippen LogP contribution >= 0.6 is 0 Å². The lowest BCUT2D eigenvalue weighted by Crippen LogP contribution is -2.46. The minimum absolute atomic E-state index is 0.236. The maximum Gasteiger partial charge on any atom is 0.434 e. The highest BCUT2D eigenvalue weighted by atomic mass is 19.4. The number of piperidine rings is 1. The molecule has 2 unspecified atom stereocenters. The molecule has 1 fully saturated rings. The lowest BCUT2D eigenvalue weighted by Gasteiger charge is -2.32. The van der Waals surface area contributed by atoms with Crippen LogP contribution < -0.4 is 5.73 Å². The monoisotopic (exact) mass is 308 g/mol. The molecule has 0 amide bonds. The van der Waals surface area contributed by atoms with E-state index in [-0.39, 0.29) is 5.82 Å². The summed E-state index contributed by atoms with van der Waals surface area (Å²) in [4.78, 5) is 8.41. The topological polar surface area (TPSA) is 95.5 Å². The van der Waals surface area contributed by atoms with Crippen molar-refractivity contribution >= 4 is 5.82 Å². The van der Waals surface area contributed by atoms with E-state index >= 15 is 0 Å². The molecule has 2 heterocycles. The van der Waals surface area contributed by atoms with Crippen LogP contribution in [0.25, 0.3) is 0 Å². The second-order valence-corrected chi connectivity index (χ2v) is 4.64. The number of likely N-dealkylation sites (tertiary alicyclic amines) is 1. The van der Waals surface area contributed by atoms with Crippen LogP contribution in [0, 0.1) is 0 Å². The molecule has 1 aliphatic heterocycles. The Morgan fingerprint density at radius 2 is 2.00 bits per heavy atom. The van der Waals surface area contributed by atoms with E-state index < -0.39 is 24.1 Å². The molecule has 0 radical (unpaired) electrons. The summed E-state index contributed by atoms with van der Waals surface area (Å²) in [7, 11) is 0. The quantitative estimate of drug-likeness (QED) is 0.700. The largest absolute Gasteiger partial charge is 0.434 e. The van der Waals surface area contributed by atoms with Gasteiger partial charge in [-0.25, -0.2) is 4.98 Å². The minimum Gasteiger partial charge on any atom is -0.390 e. The van der Waals surface area contributed by atoms with Crippen LogP contribution in [0.1, 0.15) is 19.0 Å². The standard InChI is InChI=1S/C7H15NO2.C5H4F3N3/c1-2-8-4-3-6(9)7(10)5-8;6-5(7,8)3-1-10-2-4(9)11-3/h6-7,9-10H,2-5H2,1H3;1-2H,(H2,9,11). The first-order valence-corrected chi connectivity index (χ1v) is 6.47. The average molecular weight is 308 g/mol. The van der Waals surface area contributed by atoms with Crippen LogP contribution in [-0.2, 0) is 6.18 Å². The van der Waals surface area contributed by atoms with Crippen molar-refractivity contribution in [1.29, 1.82) is 0 Å². The molecule has 120 valence electrons. The Balaban J connectivity index is 0.000000211. The van der Waals surface area contributed by atoms with Crippen molar-refractivity contribution in [3.8, 4) is 0 Å². The molecule has 1 aromatic heterocycles. The van der Waals surface area contributed by atoms with Gasteiger partial charge in [0.15, 0.2) is 5.69 Å². The van der Waals surface area contributed by atoms with Crippen LogP contribution in [0.5, 0.6) is 0 Å².